The minimum absolute atomic E-state index is 0.131. The number of nitrogens with zero attached hydrogens (tertiary/aromatic N) is 3. The Hall–Kier alpha value is -4.37. The third-order valence-corrected chi connectivity index (χ3v) is 8.69. The molecule has 3 heterocycles. The summed E-state index contributed by atoms with van der Waals surface area (Å²) in [5.41, 5.74) is 2.47. The maximum atomic E-state index is 14.9. The molecule has 0 radical (unpaired) electrons. The van der Waals surface area contributed by atoms with Gasteiger partial charge in [0.25, 0.3) is 11.8 Å². The van der Waals surface area contributed by atoms with Crippen LogP contribution in [0, 0.1) is 11.6 Å². The van der Waals surface area contributed by atoms with E-state index in [1.54, 1.807) is 35.2 Å². The third-order valence-electron chi connectivity index (χ3n) is 7.55. The number of aromatic nitrogens is 2. The van der Waals surface area contributed by atoms with Gasteiger partial charge in [-0.15, -0.1) is 11.3 Å². The van der Waals surface area contributed by atoms with Crippen molar-refractivity contribution in [2.24, 2.45) is 7.05 Å². The van der Waals surface area contributed by atoms with Crippen LogP contribution in [0.5, 0.6) is 0 Å². The van der Waals surface area contributed by atoms with Gasteiger partial charge in [-0.25, -0.2) is 13.8 Å². The van der Waals surface area contributed by atoms with Gasteiger partial charge in [0, 0.05) is 54.4 Å². The van der Waals surface area contributed by atoms with E-state index in [9.17, 15) is 18.4 Å². The molecule has 6 rings (SSSR count). The lowest BCUT2D eigenvalue weighted by Crippen LogP contribution is -2.49. The number of hydrogen-bond donors (Lipinski definition) is 1. The molecule has 1 fully saturated rings. The molecule has 0 unspecified atom stereocenters. The highest BCUT2D eigenvalue weighted by molar-refractivity contribution is 7.18. The van der Waals surface area contributed by atoms with Crippen LogP contribution in [0.2, 0.25) is 0 Å². The summed E-state index contributed by atoms with van der Waals surface area (Å²) in [5, 5.41) is 4.34. The Balaban J connectivity index is 1.30. The number of aryl methyl sites for hydroxylation is 1. The molecule has 1 aliphatic rings. The van der Waals surface area contributed by atoms with Gasteiger partial charge in [-0.05, 0) is 43.5 Å². The number of likely N-dealkylation sites (tertiary alicyclic amines) is 1. The van der Waals surface area contributed by atoms with E-state index in [0.29, 0.717) is 27.6 Å². The van der Waals surface area contributed by atoms with E-state index in [1.165, 1.54) is 18.2 Å². The Morgan fingerprint density at radius 3 is 2.66 bits per heavy atom. The number of amides is 2. The number of fused-ring (bicyclic) bond motifs is 1. The molecule has 0 spiro atoms. The number of rotatable bonds is 6. The number of nitrogens with one attached hydrogen (secondary N) is 1. The van der Waals surface area contributed by atoms with Crippen LogP contribution in [-0.4, -0.2) is 45.4 Å². The first kappa shape index (κ1) is 26.8. The summed E-state index contributed by atoms with van der Waals surface area (Å²) in [6.45, 7) is 0.779. The van der Waals surface area contributed by atoms with Gasteiger partial charge >= 0.3 is 0 Å². The van der Waals surface area contributed by atoms with Gasteiger partial charge < -0.3 is 14.8 Å². The number of carbonyl (C=O) groups is 2. The Morgan fingerprint density at radius 2 is 1.83 bits per heavy atom. The predicted molar refractivity (Wildman–Crippen MR) is 157 cm³/mol. The van der Waals surface area contributed by atoms with Crippen molar-refractivity contribution in [1.82, 2.24) is 19.8 Å². The number of thiazole rings is 1. The van der Waals surface area contributed by atoms with Gasteiger partial charge in [0.05, 0.1) is 10.4 Å². The first-order valence-corrected chi connectivity index (χ1v) is 14.4. The van der Waals surface area contributed by atoms with Crippen LogP contribution in [0.3, 0.4) is 0 Å². The third kappa shape index (κ3) is 5.25. The molecular formula is C32H28F2N4O2S. The molecule has 6 nitrogen and oxygen atoms in total. The first-order chi connectivity index (χ1) is 19.9. The smallest absolute Gasteiger partial charge is 0.274 e. The summed E-state index contributed by atoms with van der Waals surface area (Å²) in [4.78, 5) is 34.1. The molecule has 1 N–H and O–H groups in total. The number of halogens is 2. The van der Waals surface area contributed by atoms with Crippen LogP contribution >= 0.6 is 11.3 Å². The van der Waals surface area contributed by atoms with Crippen molar-refractivity contribution in [3.63, 3.8) is 0 Å². The molecule has 5 aromatic rings. The molecule has 1 atom stereocenters. The maximum absolute atomic E-state index is 14.9. The lowest BCUT2D eigenvalue weighted by molar-refractivity contribution is 0.0598. The average molecular weight is 571 g/mol. The van der Waals surface area contributed by atoms with E-state index in [2.05, 4.69) is 10.3 Å². The van der Waals surface area contributed by atoms with E-state index in [0.717, 1.165) is 41.5 Å². The molecule has 9 heteroatoms. The summed E-state index contributed by atoms with van der Waals surface area (Å²) in [6.07, 6.45) is 4.27. The van der Waals surface area contributed by atoms with Gasteiger partial charge in [0.1, 0.15) is 22.3 Å². The van der Waals surface area contributed by atoms with E-state index >= 15 is 0 Å². The normalized spacial score (nSPS) is 15.3. The molecular weight excluding hydrogens is 542 g/mol. The second kappa shape index (κ2) is 11.2. The molecule has 1 saturated heterocycles. The van der Waals surface area contributed by atoms with Crippen LogP contribution in [0.25, 0.3) is 31.9 Å². The van der Waals surface area contributed by atoms with Crippen LogP contribution in [0.4, 0.5) is 8.78 Å². The lowest BCUT2D eigenvalue weighted by atomic mass is 10.0. The van der Waals surface area contributed by atoms with E-state index in [-0.39, 0.29) is 35.7 Å². The molecule has 1 aliphatic heterocycles. The van der Waals surface area contributed by atoms with E-state index in [4.69, 9.17) is 0 Å². The molecule has 208 valence electrons. The van der Waals surface area contributed by atoms with Gasteiger partial charge in [0.15, 0.2) is 0 Å². The van der Waals surface area contributed by atoms with Crippen LogP contribution in [0.1, 0.15) is 40.1 Å². The molecule has 0 aliphatic carbocycles. The van der Waals surface area contributed by atoms with Crippen molar-refractivity contribution in [1.29, 1.82) is 0 Å². The number of benzene rings is 3. The Kier molecular flexibility index (Phi) is 7.36. The topological polar surface area (TPSA) is 67.2 Å². The summed E-state index contributed by atoms with van der Waals surface area (Å²) >= 11 is 1.16. The fourth-order valence-electron chi connectivity index (χ4n) is 5.48. The summed E-state index contributed by atoms with van der Waals surface area (Å²) in [7, 11) is 1.90. The van der Waals surface area contributed by atoms with Crippen LogP contribution < -0.4 is 5.32 Å². The van der Waals surface area contributed by atoms with Crippen molar-refractivity contribution >= 4 is 34.1 Å². The van der Waals surface area contributed by atoms with Crippen LogP contribution in [0.15, 0.2) is 79.0 Å². The number of hydrogen-bond acceptors (Lipinski definition) is 4. The monoisotopic (exact) mass is 570 g/mol. The molecule has 41 heavy (non-hydrogen) atoms. The van der Waals surface area contributed by atoms with Gasteiger partial charge in [-0.2, -0.15) is 0 Å². The van der Waals surface area contributed by atoms with Crippen molar-refractivity contribution in [2.75, 3.05) is 13.1 Å². The zero-order valence-electron chi connectivity index (χ0n) is 22.4. The highest BCUT2D eigenvalue weighted by Gasteiger charge is 2.32. The largest absolute Gasteiger partial charge is 0.350 e. The summed E-state index contributed by atoms with van der Waals surface area (Å²) in [6, 6.07) is 19.7. The van der Waals surface area contributed by atoms with Crippen LogP contribution in [-0.2, 0) is 7.05 Å². The fraction of sp³-hybridized carbons (Fsp3) is 0.219. The van der Waals surface area contributed by atoms with E-state index in [1.807, 2.05) is 42.1 Å². The number of carbonyl (C=O) groups excluding carboxylic acids is 2. The molecule has 2 aromatic heterocycles. The van der Waals surface area contributed by atoms with Gasteiger partial charge in [0.2, 0.25) is 0 Å². The zero-order valence-corrected chi connectivity index (χ0v) is 23.3. The quantitative estimate of drug-likeness (QED) is 0.248. The average Bonchev–Trinajstić information content (AvgIpc) is 3.58. The first-order valence-electron chi connectivity index (χ1n) is 13.6. The Bertz CT molecular complexity index is 1760. The van der Waals surface area contributed by atoms with Gasteiger partial charge in [-0.3, -0.25) is 9.59 Å². The van der Waals surface area contributed by atoms with E-state index < -0.39 is 11.6 Å². The van der Waals surface area contributed by atoms with Gasteiger partial charge in [-0.1, -0.05) is 48.5 Å². The van der Waals surface area contributed by atoms with Crippen molar-refractivity contribution in [2.45, 2.75) is 25.3 Å². The summed E-state index contributed by atoms with van der Waals surface area (Å²) < 4.78 is 30.9. The maximum Gasteiger partial charge on any atom is 0.274 e. The number of para-hydroxylation sites is 1. The fourth-order valence-corrected chi connectivity index (χ4v) is 6.56. The lowest BCUT2D eigenvalue weighted by Gasteiger charge is -2.35. The second-order valence-electron chi connectivity index (χ2n) is 10.2. The molecule has 2 amide bonds. The minimum Gasteiger partial charge on any atom is -0.350 e. The molecule has 0 bridgehead atoms. The van der Waals surface area contributed by atoms with Crippen molar-refractivity contribution in [3.05, 3.63) is 102 Å². The standard InChI is InChI=1S/C32H28F2N4O2S/c1-37-19-25(23-12-3-5-15-27(23)37)30(39)35-18-22-11-6-7-16-38(22)32(40)28-29(24-13-2-4-14-26(24)34)41-31(36-28)20-9-8-10-21(33)17-20/h2-5,8-10,12-15,17,19,22H,6-7,11,16,18H2,1H3,(H,35,39)/t22-/m0/s1. The van der Waals surface area contributed by atoms with Crippen molar-refractivity contribution in [3.8, 4) is 21.0 Å². The highest BCUT2D eigenvalue weighted by atomic mass is 32.1. The Morgan fingerprint density at radius 1 is 1.02 bits per heavy atom. The highest BCUT2D eigenvalue weighted by Crippen LogP contribution is 2.38. The second-order valence-corrected chi connectivity index (χ2v) is 11.2. The predicted octanol–water partition coefficient (Wildman–Crippen LogP) is 6.67. The minimum atomic E-state index is -0.464. The molecule has 0 saturated carbocycles. The SMILES string of the molecule is Cn1cc(C(=O)NC[C@@H]2CCCCN2C(=O)c2nc(-c3cccc(F)c3)sc2-c2ccccc2F)c2ccccc21. The number of piperidine rings is 1. The molecule has 3 aromatic carbocycles. The summed E-state index contributed by atoms with van der Waals surface area (Å²) in [5.74, 6) is -1.41. The van der Waals surface area contributed by atoms with Crippen molar-refractivity contribution < 1.29 is 18.4 Å². The zero-order chi connectivity index (χ0) is 28.5. The Labute approximate surface area is 240 Å².